The number of hydrogen-bond donors (Lipinski definition) is 3. The molecule has 0 aliphatic heterocycles. The molecule has 1 aliphatic carbocycles. The van der Waals surface area contributed by atoms with Crippen LogP contribution in [0.1, 0.15) is 12.8 Å². The number of H-pyrrole nitrogens is 1. The summed E-state index contributed by atoms with van der Waals surface area (Å²) in [6, 6.07) is 0.167. The van der Waals surface area contributed by atoms with E-state index < -0.39 is 11.2 Å². The fourth-order valence-corrected chi connectivity index (χ4v) is 1.86. The predicted molar refractivity (Wildman–Crippen MR) is 64.2 cm³/mol. The maximum Gasteiger partial charge on any atom is 0.329 e. The van der Waals surface area contributed by atoms with Crippen LogP contribution in [0.3, 0.4) is 0 Å². The van der Waals surface area contributed by atoms with E-state index in [2.05, 4.69) is 10.3 Å². The van der Waals surface area contributed by atoms with Crippen LogP contribution in [0.5, 0.6) is 0 Å². The Morgan fingerprint density at radius 2 is 2.12 bits per heavy atom. The molecule has 0 amide bonds. The number of aromatic nitrogens is 2. The number of nitrogens with two attached hydrogens (primary N) is 1. The van der Waals surface area contributed by atoms with E-state index in [4.69, 9.17) is 10.5 Å². The molecule has 1 heterocycles. The normalized spacial score (nSPS) is 23.2. The van der Waals surface area contributed by atoms with Crippen molar-refractivity contribution in [2.75, 3.05) is 18.2 Å². The molecule has 4 N–H and O–H groups in total. The highest BCUT2D eigenvalue weighted by atomic mass is 16.5. The van der Waals surface area contributed by atoms with Gasteiger partial charge in [-0.2, -0.15) is 0 Å². The zero-order valence-corrected chi connectivity index (χ0v) is 9.82. The summed E-state index contributed by atoms with van der Waals surface area (Å²) in [6.07, 6.45) is 1.90. The van der Waals surface area contributed by atoms with Gasteiger partial charge in [0.1, 0.15) is 11.5 Å². The summed E-state index contributed by atoms with van der Waals surface area (Å²) in [4.78, 5) is 25.1. The van der Waals surface area contributed by atoms with Crippen molar-refractivity contribution in [1.82, 2.24) is 9.55 Å². The molecule has 7 heteroatoms. The van der Waals surface area contributed by atoms with Gasteiger partial charge in [-0.15, -0.1) is 0 Å². The summed E-state index contributed by atoms with van der Waals surface area (Å²) in [5.41, 5.74) is 4.99. The lowest BCUT2D eigenvalue weighted by Gasteiger charge is -2.35. The van der Waals surface area contributed by atoms with Gasteiger partial charge >= 0.3 is 5.69 Å². The first kappa shape index (κ1) is 11.7. The standard InChI is InChI=1S/C10H16N4O3/c1-14-8(11)7(9(15)13-10(14)16)12-5-3-6(4-5)17-2/h5-6,12H,3-4,11H2,1-2H3,(H,13,15,16). The van der Waals surface area contributed by atoms with Gasteiger partial charge in [0.15, 0.2) is 0 Å². The first-order valence-electron chi connectivity index (χ1n) is 5.41. The van der Waals surface area contributed by atoms with Crippen LogP contribution in [0.25, 0.3) is 0 Å². The van der Waals surface area contributed by atoms with E-state index in [9.17, 15) is 9.59 Å². The summed E-state index contributed by atoms with van der Waals surface area (Å²) in [5.74, 6) is 0.152. The second-order valence-electron chi connectivity index (χ2n) is 4.25. The number of rotatable bonds is 3. The molecular weight excluding hydrogens is 224 g/mol. The summed E-state index contributed by atoms with van der Waals surface area (Å²) in [7, 11) is 3.17. The largest absolute Gasteiger partial charge is 0.383 e. The van der Waals surface area contributed by atoms with Crippen molar-refractivity contribution in [3.63, 3.8) is 0 Å². The highest BCUT2D eigenvalue weighted by Crippen LogP contribution is 2.26. The minimum atomic E-state index is -0.513. The van der Waals surface area contributed by atoms with Crippen LogP contribution in [0.4, 0.5) is 11.5 Å². The Morgan fingerprint density at radius 3 is 2.71 bits per heavy atom. The average molecular weight is 240 g/mol. The van der Waals surface area contributed by atoms with Crippen molar-refractivity contribution in [3.8, 4) is 0 Å². The minimum Gasteiger partial charge on any atom is -0.383 e. The number of nitrogens with one attached hydrogen (secondary N) is 2. The van der Waals surface area contributed by atoms with Gasteiger partial charge in [-0.3, -0.25) is 14.3 Å². The maximum atomic E-state index is 11.6. The minimum absolute atomic E-state index is 0.152. The zero-order valence-electron chi connectivity index (χ0n) is 9.82. The van der Waals surface area contributed by atoms with Gasteiger partial charge in [0.25, 0.3) is 5.56 Å². The molecule has 0 spiro atoms. The lowest BCUT2D eigenvalue weighted by atomic mass is 9.89. The summed E-state index contributed by atoms with van der Waals surface area (Å²) >= 11 is 0. The van der Waals surface area contributed by atoms with Crippen LogP contribution < -0.4 is 22.3 Å². The van der Waals surface area contributed by atoms with Crippen LogP contribution in [-0.4, -0.2) is 28.8 Å². The number of hydrogen-bond acceptors (Lipinski definition) is 5. The van der Waals surface area contributed by atoms with Crippen molar-refractivity contribution in [2.45, 2.75) is 25.0 Å². The van der Waals surface area contributed by atoms with E-state index in [0.29, 0.717) is 0 Å². The molecule has 1 aromatic heterocycles. The lowest BCUT2D eigenvalue weighted by molar-refractivity contribution is 0.0328. The molecule has 0 unspecified atom stereocenters. The number of nitrogens with zero attached hydrogens (tertiary/aromatic N) is 1. The molecule has 94 valence electrons. The Labute approximate surface area is 97.6 Å². The summed E-state index contributed by atoms with van der Waals surface area (Å²) < 4.78 is 6.35. The van der Waals surface area contributed by atoms with Crippen LogP contribution in [0.2, 0.25) is 0 Å². The topological polar surface area (TPSA) is 102 Å². The lowest BCUT2D eigenvalue weighted by Crippen LogP contribution is -2.43. The molecule has 1 aliphatic rings. The average Bonchev–Trinajstić information content (AvgIpc) is 2.23. The van der Waals surface area contributed by atoms with E-state index in [-0.39, 0.29) is 23.7 Å². The molecule has 0 radical (unpaired) electrons. The molecule has 0 atom stereocenters. The van der Waals surface area contributed by atoms with E-state index in [1.54, 1.807) is 7.11 Å². The molecule has 1 saturated carbocycles. The summed E-state index contributed by atoms with van der Waals surface area (Å²) in [5, 5.41) is 3.04. The van der Waals surface area contributed by atoms with Gasteiger partial charge in [0.05, 0.1) is 6.10 Å². The molecular formula is C10H16N4O3. The second-order valence-corrected chi connectivity index (χ2v) is 4.25. The quantitative estimate of drug-likeness (QED) is 0.645. The predicted octanol–water partition coefficient (Wildman–Crippen LogP) is -0.755. The van der Waals surface area contributed by atoms with Gasteiger partial charge in [-0.25, -0.2) is 4.79 Å². The van der Waals surface area contributed by atoms with Gasteiger partial charge < -0.3 is 15.8 Å². The number of nitrogen functional groups attached to an aromatic ring is 1. The molecule has 0 bridgehead atoms. The molecule has 0 aromatic carbocycles. The Morgan fingerprint density at radius 1 is 1.47 bits per heavy atom. The number of aromatic amines is 1. The van der Waals surface area contributed by atoms with Gasteiger partial charge in [-0.05, 0) is 12.8 Å². The van der Waals surface area contributed by atoms with Crippen LogP contribution in [0, 0.1) is 0 Å². The zero-order chi connectivity index (χ0) is 12.6. The van der Waals surface area contributed by atoms with E-state index in [1.165, 1.54) is 11.6 Å². The first-order valence-corrected chi connectivity index (χ1v) is 5.41. The monoisotopic (exact) mass is 240 g/mol. The third-order valence-electron chi connectivity index (χ3n) is 3.15. The van der Waals surface area contributed by atoms with Gasteiger partial charge in [0.2, 0.25) is 0 Å². The molecule has 17 heavy (non-hydrogen) atoms. The third kappa shape index (κ3) is 2.05. The number of methoxy groups -OCH3 is 1. The number of ether oxygens (including phenoxy) is 1. The molecule has 1 aromatic rings. The third-order valence-corrected chi connectivity index (χ3v) is 3.15. The highest BCUT2D eigenvalue weighted by Gasteiger charge is 2.30. The maximum absolute atomic E-state index is 11.6. The van der Waals surface area contributed by atoms with Gasteiger partial charge in [-0.1, -0.05) is 0 Å². The van der Waals surface area contributed by atoms with Crippen molar-refractivity contribution in [1.29, 1.82) is 0 Å². The van der Waals surface area contributed by atoms with Crippen LogP contribution in [0.15, 0.2) is 9.59 Å². The Bertz CT molecular complexity index is 527. The van der Waals surface area contributed by atoms with E-state index in [0.717, 1.165) is 12.8 Å². The van der Waals surface area contributed by atoms with Crippen molar-refractivity contribution in [3.05, 3.63) is 20.8 Å². The highest BCUT2D eigenvalue weighted by molar-refractivity contribution is 5.61. The fraction of sp³-hybridized carbons (Fsp3) is 0.600. The Balaban J connectivity index is 2.20. The van der Waals surface area contributed by atoms with Crippen molar-refractivity contribution in [2.24, 2.45) is 7.05 Å². The molecule has 1 fully saturated rings. The van der Waals surface area contributed by atoms with E-state index in [1.807, 2.05) is 0 Å². The smallest absolute Gasteiger partial charge is 0.329 e. The SMILES string of the molecule is COC1CC(Nc2c(N)n(C)c(=O)[nH]c2=O)C1. The van der Waals surface area contributed by atoms with Crippen LogP contribution >= 0.6 is 0 Å². The molecule has 7 nitrogen and oxygen atoms in total. The van der Waals surface area contributed by atoms with Crippen molar-refractivity contribution < 1.29 is 4.74 Å². The Hall–Kier alpha value is -1.76. The first-order chi connectivity index (χ1) is 8.02. The summed E-state index contributed by atoms with van der Waals surface area (Å²) in [6.45, 7) is 0. The van der Waals surface area contributed by atoms with Crippen molar-refractivity contribution >= 4 is 11.5 Å². The second kappa shape index (κ2) is 4.25. The van der Waals surface area contributed by atoms with Gasteiger partial charge in [0, 0.05) is 20.2 Å². The number of anilines is 2. The molecule has 0 saturated heterocycles. The molecule has 2 rings (SSSR count). The Kier molecular flexibility index (Phi) is 2.93. The van der Waals surface area contributed by atoms with E-state index >= 15 is 0 Å². The fourth-order valence-electron chi connectivity index (χ4n) is 1.86. The van der Waals surface area contributed by atoms with Crippen LogP contribution in [-0.2, 0) is 11.8 Å².